The van der Waals surface area contributed by atoms with Crippen molar-refractivity contribution in [3.63, 3.8) is 0 Å². The minimum atomic E-state index is -3.94. The molecule has 49 heavy (non-hydrogen) atoms. The fraction of sp³-hybridized carbons (Fsp3) is 0.500. The molecule has 14 nitrogen and oxygen atoms in total. The van der Waals surface area contributed by atoms with E-state index in [2.05, 4.69) is 20.0 Å². The van der Waals surface area contributed by atoms with Crippen LogP contribution in [-0.2, 0) is 23.4 Å². The van der Waals surface area contributed by atoms with E-state index in [4.69, 9.17) is 23.9 Å². The number of esters is 1. The van der Waals surface area contributed by atoms with Gasteiger partial charge in [0.05, 0.1) is 31.6 Å². The summed E-state index contributed by atoms with van der Waals surface area (Å²) in [6, 6.07) is 12.2. The number of halogens is 1. The maximum atomic E-state index is 16.3. The monoisotopic (exact) mass is 719 g/mol. The standard InChI is InChI=1S/C32H43FN7O7PS/c1-19(28(42)44-16-31(2,3)4)38-48(43,18-49-47-22-14-10-12-20-11-8-9-13-21(20)22)45-15-23-25(41)32(5,33)29(46-23)40-17-35-24-26(39(6)7)36-30(34)37-27(24)40/h8-14,17,19,23,25,29,41H,15-16,18H2,1-7H3,(H,38,43)(H2,34,36,37)/t19-,23+,25+,29+,32+,48?/m0/s1. The summed E-state index contributed by atoms with van der Waals surface area (Å²) in [6.07, 6.45) is -3.03. The number of nitrogen functional groups attached to an aromatic ring is 1. The van der Waals surface area contributed by atoms with E-state index in [1.165, 1.54) is 24.7 Å². The number of nitrogens with one attached hydrogen (secondary N) is 1. The van der Waals surface area contributed by atoms with Crippen LogP contribution in [0.3, 0.4) is 0 Å². The molecular weight excluding hydrogens is 676 g/mol. The number of imidazole rings is 1. The van der Waals surface area contributed by atoms with Crippen LogP contribution in [0.15, 0.2) is 48.8 Å². The van der Waals surface area contributed by atoms with Gasteiger partial charge in [0.15, 0.2) is 28.9 Å². The summed E-state index contributed by atoms with van der Waals surface area (Å²) >= 11 is 0.865. The predicted molar refractivity (Wildman–Crippen MR) is 187 cm³/mol. The first kappa shape index (κ1) is 36.7. The number of nitrogens with zero attached hydrogens (tertiary/aromatic N) is 5. The number of fused-ring (bicyclic) bond motifs is 2. The molecule has 0 bridgehead atoms. The van der Waals surface area contributed by atoms with E-state index in [0.29, 0.717) is 17.1 Å². The van der Waals surface area contributed by atoms with Crippen LogP contribution in [0.25, 0.3) is 21.9 Å². The third kappa shape index (κ3) is 8.27. The maximum Gasteiger partial charge on any atom is 0.323 e. The lowest BCUT2D eigenvalue weighted by atomic mass is 9.98. The number of alkyl halides is 1. The van der Waals surface area contributed by atoms with Crippen LogP contribution in [0, 0.1) is 5.41 Å². The lowest BCUT2D eigenvalue weighted by molar-refractivity contribution is -0.148. The van der Waals surface area contributed by atoms with Crippen LogP contribution in [0.4, 0.5) is 16.2 Å². The molecule has 0 radical (unpaired) electrons. The molecule has 266 valence electrons. The van der Waals surface area contributed by atoms with Crippen molar-refractivity contribution < 1.29 is 37.0 Å². The Morgan fingerprint density at radius 3 is 2.67 bits per heavy atom. The predicted octanol–water partition coefficient (Wildman–Crippen LogP) is 5.08. The molecule has 1 saturated heterocycles. The molecule has 0 spiro atoms. The number of rotatable bonds is 13. The molecular formula is C32H43FN7O7PS. The summed E-state index contributed by atoms with van der Waals surface area (Å²) in [5.41, 5.74) is 3.61. The number of aliphatic hydroxyl groups is 1. The zero-order valence-corrected chi connectivity index (χ0v) is 30.2. The molecule has 4 aromatic rings. The number of carbonyl (C=O) groups is 1. The van der Waals surface area contributed by atoms with Crippen LogP contribution in [0.5, 0.6) is 5.75 Å². The Hall–Kier alpha value is -3.53. The van der Waals surface area contributed by atoms with Crippen molar-refractivity contribution in [1.82, 2.24) is 24.6 Å². The van der Waals surface area contributed by atoms with Gasteiger partial charge in [0.1, 0.15) is 29.5 Å². The molecule has 0 aliphatic carbocycles. The van der Waals surface area contributed by atoms with Crippen LogP contribution < -0.4 is 19.9 Å². The van der Waals surface area contributed by atoms with E-state index >= 15 is 4.39 Å². The number of nitrogens with two attached hydrogens (primary N) is 1. The summed E-state index contributed by atoms with van der Waals surface area (Å²) in [7, 11) is -0.432. The Kier molecular flexibility index (Phi) is 10.8. The van der Waals surface area contributed by atoms with E-state index in [1.807, 2.05) is 57.2 Å². The molecule has 2 aromatic carbocycles. The van der Waals surface area contributed by atoms with Gasteiger partial charge in [-0.25, -0.2) is 14.5 Å². The first-order valence-electron chi connectivity index (χ1n) is 15.6. The Bertz CT molecular complexity index is 1850. The highest BCUT2D eigenvalue weighted by atomic mass is 32.2. The lowest BCUT2D eigenvalue weighted by Crippen LogP contribution is -2.41. The molecule has 4 N–H and O–H groups in total. The lowest BCUT2D eigenvalue weighted by Gasteiger charge is -2.26. The second kappa shape index (κ2) is 14.4. The van der Waals surface area contributed by atoms with Crippen LogP contribution in [0.2, 0.25) is 0 Å². The average Bonchev–Trinajstić information content (AvgIpc) is 3.54. The summed E-state index contributed by atoms with van der Waals surface area (Å²) in [5, 5.41) is 15.7. The zero-order chi connectivity index (χ0) is 35.7. The van der Waals surface area contributed by atoms with Crippen LogP contribution in [-0.4, -0.2) is 87.3 Å². The maximum absolute atomic E-state index is 16.3. The second-order valence-corrected chi connectivity index (χ2v) is 16.8. The van der Waals surface area contributed by atoms with E-state index < -0.39 is 50.2 Å². The van der Waals surface area contributed by atoms with Gasteiger partial charge >= 0.3 is 5.97 Å². The first-order valence-corrected chi connectivity index (χ1v) is 18.4. The molecule has 1 aliphatic rings. The van der Waals surface area contributed by atoms with Gasteiger partial charge in [-0.3, -0.25) is 13.9 Å². The molecule has 3 heterocycles. The van der Waals surface area contributed by atoms with E-state index in [0.717, 1.165) is 22.8 Å². The molecule has 1 fully saturated rings. The molecule has 6 atom stereocenters. The van der Waals surface area contributed by atoms with Crippen molar-refractivity contribution in [1.29, 1.82) is 0 Å². The smallest absolute Gasteiger partial charge is 0.323 e. The van der Waals surface area contributed by atoms with Crippen molar-refractivity contribution in [3.05, 3.63) is 48.8 Å². The average molecular weight is 720 g/mol. The normalized spacial score (nSPS) is 23.0. The van der Waals surface area contributed by atoms with Gasteiger partial charge in [-0.15, -0.1) is 0 Å². The fourth-order valence-corrected chi connectivity index (χ4v) is 8.04. The van der Waals surface area contributed by atoms with Gasteiger partial charge in [0.2, 0.25) is 5.95 Å². The molecule has 1 unspecified atom stereocenters. The minimum absolute atomic E-state index is 0.0534. The van der Waals surface area contributed by atoms with Crippen LogP contribution in [0.1, 0.15) is 40.8 Å². The Morgan fingerprint density at radius 2 is 1.96 bits per heavy atom. The zero-order valence-electron chi connectivity index (χ0n) is 28.5. The topological polar surface area (TPSA) is 176 Å². The molecule has 5 rings (SSSR count). The van der Waals surface area contributed by atoms with Crippen molar-refractivity contribution >= 4 is 59.2 Å². The van der Waals surface area contributed by atoms with E-state index in [1.54, 1.807) is 25.1 Å². The fourth-order valence-electron chi connectivity index (χ4n) is 5.25. The molecule has 0 saturated carbocycles. The largest absolute Gasteiger partial charge is 0.464 e. The number of hydrogen-bond acceptors (Lipinski definition) is 13. The van der Waals surface area contributed by atoms with E-state index in [9.17, 15) is 14.5 Å². The quantitative estimate of drug-likeness (QED) is 0.0948. The second-order valence-electron chi connectivity index (χ2n) is 13.5. The molecule has 17 heteroatoms. The number of hydrogen-bond donors (Lipinski definition) is 3. The molecule has 1 aliphatic heterocycles. The highest BCUT2D eigenvalue weighted by molar-refractivity contribution is 8.01. The number of aromatic nitrogens is 4. The Morgan fingerprint density at radius 1 is 1.24 bits per heavy atom. The van der Waals surface area contributed by atoms with Gasteiger partial charge in [0, 0.05) is 19.5 Å². The number of benzene rings is 2. The Labute approximate surface area is 288 Å². The highest BCUT2D eigenvalue weighted by Gasteiger charge is 2.56. The SMILES string of the molecule is C[C@H](NP(=O)(CSOc1cccc2ccccc12)OC[C@H]1O[C@@H](n2cnc3c(N(C)C)nc(N)nc32)[C@](C)(F)[C@@H]1O)C(=O)OCC(C)(C)C. The number of carbonyl (C=O) groups excluding carboxylic acids is 1. The first-order chi connectivity index (χ1) is 23.0. The van der Waals surface area contributed by atoms with Gasteiger partial charge in [-0.05, 0) is 30.7 Å². The van der Waals surface area contributed by atoms with E-state index in [-0.39, 0.29) is 29.1 Å². The number of ether oxygens (including phenoxy) is 2. The summed E-state index contributed by atoms with van der Waals surface area (Å²) in [5.74, 6) is 0.290. The minimum Gasteiger partial charge on any atom is -0.464 e. The molecule has 2 aromatic heterocycles. The van der Waals surface area contributed by atoms with Crippen molar-refractivity contribution in [2.24, 2.45) is 5.41 Å². The molecule has 0 amide bonds. The van der Waals surface area contributed by atoms with Gasteiger partial charge in [0.25, 0.3) is 7.52 Å². The van der Waals surface area contributed by atoms with Crippen molar-refractivity contribution in [2.45, 2.75) is 64.8 Å². The van der Waals surface area contributed by atoms with Crippen LogP contribution >= 0.6 is 19.6 Å². The van der Waals surface area contributed by atoms with Gasteiger partial charge in [-0.2, -0.15) is 9.97 Å². The number of anilines is 2. The summed E-state index contributed by atoms with van der Waals surface area (Å²) in [4.78, 5) is 27.3. The number of aliphatic hydroxyl groups excluding tert-OH is 1. The third-order valence-corrected chi connectivity index (χ3v) is 11.2. The Balaban J connectivity index is 1.34. The van der Waals surface area contributed by atoms with Crippen molar-refractivity contribution in [3.8, 4) is 5.75 Å². The summed E-state index contributed by atoms with van der Waals surface area (Å²) < 4.78 is 55.2. The third-order valence-electron chi connectivity index (χ3n) is 7.77. The highest BCUT2D eigenvalue weighted by Crippen LogP contribution is 2.49. The van der Waals surface area contributed by atoms with Crippen molar-refractivity contribution in [2.75, 3.05) is 43.4 Å². The summed E-state index contributed by atoms with van der Waals surface area (Å²) in [6.45, 7) is 8.10. The van der Waals surface area contributed by atoms with Gasteiger partial charge < -0.3 is 33.9 Å². The van der Waals surface area contributed by atoms with Gasteiger partial charge in [-0.1, -0.05) is 57.2 Å².